The maximum absolute atomic E-state index is 4.12. The molecule has 0 aromatic rings. The van der Waals surface area contributed by atoms with E-state index in [0.29, 0.717) is 0 Å². The van der Waals surface area contributed by atoms with E-state index in [1.54, 1.807) is 11.8 Å². The van der Waals surface area contributed by atoms with Gasteiger partial charge in [0.1, 0.15) is 0 Å². The van der Waals surface area contributed by atoms with Crippen LogP contribution in [0.4, 0.5) is 0 Å². The Morgan fingerprint density at radius 1 is 1.62 bits per heavy atom. The molecule has 0 amide bonds. The molecule has 0 fully saturated rings. The first-order valence-corrected chi connectivity index (χ1v) is 4.21. The van der Waals surface area contributed by atoms with E-state index in [-0.39, 0.29) is 0 Å². The van der Waals surface area contributed by atoms with E-state index in [2.05, 4.69) is 11.9 Å². The van der Waals surface area contributed by atoms with Crippen molar-refractivity contribution in [3.8, 4) is 0 Å². The third kappa shape index (κ3) is 6.02. The predicted molar refractivity (Wildman–Crippen MR) is 41.8 cm³/mol. The van der Waals surface area contributed by atoms with Crippen molar-refractivity contribution in [1.82, 2.24) is 0 Å². The van der Waals surface area contributed by atoms with Gasteiger partial charge in [-0.15, -0.1) is 11.8 Å². The van der Waals surface area contributed by atoms with Crippen molar-refractivity contribution < 1.29 is 0 Å². The molecule has 0 spiro atoms. The second kappa shape index (κ2) is 7.02. The summed E-state index contributed by atoms with van der Waals surface area (Å²) >= 11 is 1.66. The van der Waals surface area contributed by atoms with Gasteiger partial charge in [0, 0.05) is 6.54 Å². The van der Waals surface area contributed by atoms with Gasteiger partial charge in [-0.05, 0) is 12.7 Å². The summed E-state index contributed by atoms with van der Waals surface area (Å²) in [6, 6.07) is 0. The maximum Gasteiger partial charge on any atom is 0.0538 e. The van der Waals surface area contributed by atoms with Gasteiger partial charge in [0.15, 0.2) is 0 Å². The summed E-state index contributed by atoms with van der Waals surface area (Å²) in [5.41, 5.74) is 1.90. The highest BCUT2D eigenvalue weighted by Crippen LogP contribution is 1.88. The van der Waals surface area contributed by atoms with Crippen molar-refractivity contribution in [2.75, 3.05) is 12.8 Å². The van der Waals surface area contributed by atoms with Crippen LogP contribution in [-0.4, -0.2) is 18.3 Å². The number of hydrogen-bond acceptors (Lipinski definition) is 2. The van der Waals surface area contributed by atoms with Crippen LogP contribution >= 0.6 is 11.8 Å². The Balaban J connectivity index is 2.80. The summed E-state index contributed by atoms with van der Waals surface area (Å²) in [5, 5.41) is 0. The van der Waals surface area contributed by atoms with Crippen LogP contribution in [0.2, 0.25) is 0 Å². The van der Waals surface area contributed by atoms with Crippen molar-refractivity contribution in [1.29, 1.82) is 0 Å². The predicted octanol–water partition coefficient (Wildman–Crippen LogP) is 2.18. The lowest BCUT2D eigenvalue weighted by Crippen LogP contribution is -1.76. The smallest absolute Gasteiger partial charge is 0.0538 e. The first-order valence-electron chi connectivity index (χ1n) is 2.93. The van der Waals surface area contributed by atoms with Crippen molar-refractivity contribution >= 4 is 17.3 Å². The van der Waals surface area contributed by atoms with Gasteiger partial charge in [0.2, 0.25) is 0 Å². The van der Waals surface area contributed by atoms with Gasteiger partial charge < -0.3 is 0 Å². The Morgan fingerprint density at radius 2 is 2.38 bits per heavy atom. The molecule has 48 valence electrons. The summed E-state index contributed by atoms with van der Waals surface area (Å²) in [7, 11) is 0. The molecule has 0 atom stereocenters. The van der Waals surface area contributed by atoms with Crippen molar-refractivity contribution in [2.24, 2.45) is 4.99 Å². The van der Waals surface area contributed by atoms with Crippen molar-refractivity contribution in [2.45, 2.75) is 19.8 Å². The minimum atomic E-state index is 0.997. The van der Waals surface area contributed by atoms with Gasteiger partial charge in [-0.3, -0.25) is 4.99 Å². The monoisotopic (exact) mass is 131 g/mol. The lowest BCUT2D eigenvalue weighted by Gasteiger charge is -1.85. The SMILES string of the molecule is CCCCN=CSC. The maximum atomic E-state index is 4.12. The van der Waals surface area contributed by atoms with Crippen molar-refractivity contribution in [3.63, 3.8) is 0 Å². The van der Waals surface area contributed by atoms with Gasteiger partial charge >= 0.3 is 0 Å². The standard InChI is InChI=1S/C6H13NS/c1-3-4-5-7-6-8-2/h6H,3-5H2,1-2H3. The zero-order valence-electron chi connectivity index (χ0n) is 5.55. The highest BCUT2D eigenvalue weighted by atomic mass is 32.2. The zero-order valence-corrected chi connectivity index (χ0v) is 6.37. The Labute approximate surface area is 55.6 Å². The largest absolute Gasteiger partial charge is 0.286 e. The number of rotatable bonds is 4. The molecule has 2 heteroatoms. The Bertz CT molecular complexity index is 61.5. The van der Waals surface area contributed by atoms with E-state index in [9.17, 15) is 0 Å². The summed E-state index contributed by atoms with van der Waals surface area (Å²) in [4.78, 5) is 4.12. The molecule has 0 saturated heterocycles. The molecule has 8 heavy (non-hydrogen) atoms. The third-order valence-corrected chi connectivity index (χ3v) is 1.18. The van der Waals surface area contributed by atoms with E-state index in [4.69, 9.17) is 0 Å². The number of thioether (sulfide) groups is 1. The molecule has 0 aromatic carbocycles. The molecule has 0 aliphatic rings. The highest BCUT2D eigenvalue weighted by molar-refractivity contribution is 8.11. The van der Waals surface area contributed by atoms with Crippen LogP contribution in [0.1, 0.15) is 19.8 Å². The molecular formula is C6H13NS. The molecule has 0 radical (unpaired) electrons. The molecule has 1 nitrogen and oxygen atoms in total. The third-order valence-electron chi connectivity index (χ3n) is 0.821. The van der Waals surface area contributed by atoms with Crippen LogP contribution in [-0.2, 0) is 0 Å². The molecule has 0 aliphatic carbocycles. The molecule has 0 aliphatic heterocycles. The minimum absolute atomic E-state index is 0.997. The summed E-state index contributed by atoms with van der Waals surface area (Å²) in [6.07, 6.45) is 4.48. The van der Waals surface area contributed by atoms with E-state index in [0.717, 1.165) is 6.54 Å². The number of hydrogen-bond donors (Lipinski definition) is 0. The van der Waals surface area contributed by atoms with Gasteiger partial charge in [-0.25, -0.2) is 0 Å². The lowest BCUT2D eigenvalue weighted by molar-refractivity contribution is 0.811. The van der Waals surface area contributed by atoms with Crippen LogP contribution in [0, 0.1) is 0 Å². The Hall–Kier alpha value is 0.0200. The first-order chi connectivity index (χ1) is 3.91. The molecule has 0 aromatic heterocycles. The van der Waals surface area contributed by atoms with Gasteiger partial charge in [0.05, 0.1) is 5.55 Å². The van der Waals surface area contributed by atoms with Crippen molar-refractivity contribution in [3.05, 3.63) is 0 Å². The van der Waals surface area contributed by atoms with Crippen LogP contribution in [0.15, 0.2) is 4.99 Å². The topological polar surface area (TPSA) is 12.4 Å². The summed E-state index contributed by atoms with van der Waals surface area (Å²) in [6.45, 7) is 3.17. The summed E-state index contributed by atoms with van der Waals surface area (Å²) in [5.74, 6) is 0. The molecule has 0 heterocycles. The number of aliphatic imine (C=N–C) groups is 1. The summed E-state index contributed by atoms with van der Waals surface area (Å²) < 4.78 is 0. The quantitative estimate of drug-likeness (QED) is 0.323. The minimum Gasteiger partial charge on any atom is -0.286 e. The van der Waals surface area contributed by atoms with E-state index in [1.165, 1.54) is 12.8 Å². The normalized spacial score (nSPS) is 10.8. The second-order valence-corrected chi connectivity index (χ2v) is 2.28. The van der Waals surface area contributed by atoms with Gasteiger partial charge in [0.25, 0.3) is 0 Å². The zero-order chi connectivity index (χ0) is 6.24. The molecule has 0 N–H and O–H groups in total. The fourth-order valence-electron chi connectivity index (χ4n) is 0.377. The fourth-order valence-corrected chi connectivity index (χ4v) is 0.631. The average Bonchev–Trinajstić information content (AvgIpc) is 1.81. The fraction of sp³-hybridized carbons (Fsp3) is 0.833. The van der Waals surface area contributed by atoms with Crippen LogP contribution in [0.5, 0.6) is 0 Å². The van der Waals surface area contributed by atoms with Gasteiger partial charge in [-0.1, -0.05) is 13.3 Å². The lowest BCUT2D eigenvalue weighted by atomic mass is 10.3. The molecule has 0 unspecified atom stereocenters. The Morgan fingerprint density at radius 3 is 2.88 bits per heavy atom. The van der Waals surface area contributed by atoms with Crippen LogP contribution in [0.3, 0.4) is 0 Å². The number of unbranched alkanes of at least 4 members (excludes halogenated alkanes) is 1. The van der Waals surface area contributed by atoms with Crippen LogP contribution < -0.4 is 0 Å². The molecule has 0 bridgehead atoms. The van der Waals surface area contributed by atoms with Gasteiger partial charge in [-0.2, -0.15) is 0 Å². The number of nitrogens with zero attached hydrogens (tertiary/aromatic N) is 1. The molecular weight excluding hydrogens is 118 g/mol. The van der Waals surface area contributed by atoms with E-state index in [1.807, 2.05) is 11.8 Å². The Kier molecular flexibility index (Phi) is 7.04. The average molecular weight is 131 g/mol. The first kappa shape index (κ1) is 8.02. The highest BCUT2D eigenvalue weighted by Gasteiger charge is 1.75. The van der Waals surface area contributed by atoms with E-state index < -0.39 is 0 Å². The molecule has 0 rings (SSSR count). The van der Waals surface area contributed by atoms with Crippen LogP contribution in [0.25, 0.3) is 0 Å². The second-order valence-electron chi connectivity index (χ2n) is 1.60. The van der Waals surface area contributed by atoms with E-state index >= 15 is 0 Å². The molecule has 0 saturated carbocycles.